The van der Waals surface area contributed by atoms with Crippen molar-refractivity contribution in [1.82, 2.24) is 20.9 Å². The van der Waals surface area contributed by atoms with Crippen LogP contribution in [0.15, 0.2) is 17.5 Å². The summed E-state index contributed by atoms with van der Waals surface area (Å²) in [5, 5.41) is 10.9. The number of thiophene rings is 1. The standard InChI is InChI=1S/C18H24N4O3S/c23-16(20-11-3-4-11)6-5-13-9-19-17(24)14-8-12(10-22(13)14)21-18(25)15-2-1-7-26-15/h1-2,7,11-14H,3-6,8-10H2,(H,19,24)(H,20,23)(H,21,25)/t12-,13-,14+/m1/s1. The van der Waals surface area contributed by atoms with Crippen molar-refractivity contribution in [3.05, 3.63) is 22.4 Å². The number of hydrogen-bond donors (Lipinski definition) is 3. The van der Waals surface area contributed by atoms with Gasteiger partial charge in [0.25, 0.3) is 5.91 Å². The lowest BCUT2D eigenvalue weighted by molar-refractivity contribution is -0.129. The topological polar surface area (TPSA) is 90.5 Å². The van der Waals surface area contributed by atoms with Gasteiger partial charge in [-0.1, -0.05) is 6.07 Å². The molecule has 2 saturated heterocycles. The van der Waals surface area contributed by atoms with Gasteiger partial charge >= 0.3 is 0 Å². The monoisotopic (exact) mass is 376 g/mol. The number of carbonyl (C=O) groups excluding carboxylic acids is 3. The molecule has 3 aliphatic rings. The van der Waals surface area contributed by atoms with Crippen molar-refractivity contribution in [2.45, 2.75) is 56.3 Å². The Hall–Kier alpha value is -1.93. The number of piperazine rings is 1. The van der Waals surface area contributed by atoms with Gasteiger partial charge in [-0.05, 0) is 37.1 Å². The van der Waals surface area contributed by atoms with Gasteiger partial charge in [0.05, 0.1) is 10.9 Å². The maximum atomic E-state index is 12.3. The van der Waals surface area contributed by atoms with Crippen LogP contribution < -0.4 is 16.0 Å². The summed E-state index contributed by atoms with van der Waals surface area (Å²) in [7, 11) is 0. The third-order valence-corrected chi connectivity index (χ3v) is 6.22. The summed E-state index contributed by atoms with van der Waals surface area (Å²) in [5.74, 6) is 0.0462. The number of nitrogens with zero attached hydrogens (tertiary/aromatic N) is 1. The van der Waals surface area contributed by atoms with E-state index < -0.39 is 0 Å². The fourth-order valence-electron chi connectivity index (χ4n) is 3.84. The quantitative estimate of drug-likeness (QED) is 0.674. The molecule has 0 spiro atoms. The fourth-order valence-corrected chi connectivity index (χ4v) is 4.46. The number of fused-ring (bicyclic) bond motifs is 1. The largest absolute Gasteiger partial charge is 0.353 e. The molecule has 0 radical (unpaired) electrons. The molecule has 0 unspecified atom stereocenters. The second kappa shape index (κ2) is 7.36. The third-order valence-electron chi connectivity index (χ3n) is 5.35. The van der Waals surface area contributed by atoms with Gasteiger partial charge in [0, 0.05) is 37.6 Å². The predicted octanol–water partition coefficient (Wildman–Crippen LogP) is 0.478. The Morgan fingerprint density at radius 3 is 2.85 bits per heavy atom. The van der Waals surface area contributed by atoms with Gasteiger partial charge in [-0.2, -0.15) is 0 Å². The molecule has 0 aromatic carbocycles. The van der Waals surface area contributed by atoms with Crippen LogP contribution in [0, 0.1) is 0 Å². The summed E-state index contributed by atoms with van der Waals surface area (Å²) >= 11 is 1.41. The van der Waals surface area contributed by atoms with Crippen LogP contribution in [0.4, 0.5) is 0 Å². The van der Waals surface area contributed by atoms with Crippen molar-refractivity contribution in [2.75, 3.05) is 13.1 Å². The molecular formula is C18H24N4O3S. The van der Waals surface area contributed by atoms with Crippen LogP contribution in [0.1, 0.15) is 41.8 Å². The Morgan fingerprint density at radius 2 is 2.12 bits per heavy atom. The number of carbonyl (C=O) groups is 3. The maximum absolute atomic E-state index is 12.3. The van der Waals surface area contributed by atoms with E-state index in [2.05, 4.69) is 20.9 Å². The Morgan fingerprint density at radius 1 is 1.27 bits per heavy atom. The Balaban J connectivity index is 1.33. The van der Waals surface area contributed by atoms with Crippen molar-refractivity contribution in [2.24, 2.45) is 0 Å². The summed E-state index contributed by atoms with van der Waals surface area (Å²) in [6.07, 6.45) is 4.00. The fraction of sp³-hybridized carbons (Fsp3) is 0.611. The van der Waals surface area contributed by atoms with Crippen LogP contribution in [-0.2, 0) is 9.59 Å². The van der Waals surface area contributed by atoms with E-state index >= 15 is 0 Å². The Kier molecular flexibility index (Phi) is 4.95. The highest BCUT2D eigenvalue weighted by atomic mass is 32.1. The first-order valence-corrected chi connectivity index (χ1v) is 10.2. The zero-order valence-electron chi connectivity index (χ0n) is 14.6. The average molecular weight is 376 g/mol. The normalized spacial score (nSPS) is 28.3. The van der Waals surface area contributed by atoms with E-state index in [-0.39, 0.29) is 35.8 Å². The molecule has 3 heterocycles. The van der Waals surface area contributed by atoms with Crippen molar-refractivity contribution in [3.8, 4) is 0 Å². The van der Waals surface area contributed by atoms with E-state index in [1.54, 1.807) is 6.07 Å². The molecular weight excluding hydrogens is 352 g/mol. The summed E-state index contributed by atoms with van der Waals surface area (Å²) in [6.45, 7) is 1.22. The van der Waals surface area contributed by atoms with Gasteiger partial charge < -0.3 is 16.0 Å². The summed E-state index contributed by atoms with van der Waals surface area (Å²) in [6, 6.07) is 3.93. The summed E-state index contributed by atoms with van der Waals surface area (Å²) < 4.78 is 0. The molecule has 3 fully saturated rings. The van der Waals surface area contributed by atoms with Crippen LogP contribution in [0.3, 0.4) is 0 Å². The summed E-state index contributed by atoms with van der Waals surface area (Å²) in [4.78, 5) is 39.3. The molecule has 1 saturated carbocycles. The molecule has 3 N–H and O–H groups in total. The highest BCUT2D eigenvalue weighted by Gasteiger charge is 2.43. The number of hydrogen-bond acceptors (Lipinski definition) is 5. The van der Waals surface area contributed by atoms with Gasteiger partial charge in [0.15, 0.2) is 0 Å². The summed E-state index contributed by atoms with van der Waals surface area (Å²) in [5.41, 5.74) is 0. The van der Waals surface area contributed by atoms with Crippen molar-refractivity contribution in [1.29, 1.82) is 0 Å². The minimum atomic E-state index is -0.214. The molecule has 140 valence electrons. The van der Waals surface area contributed by atoms with E-state index in [9.17, 15) is 14.4 Å². The molecule has 3 atom stereocenters. The highest BCUT2D eigenvalue weighted by molar-refractivity contribution is 7.12. The van der Waals surface area contributed by atoms with Crippen LogP contribution in [0.2, 0.25) is 0 Å². The zero-order chi connectivity index (χ0) is 18.1. The predicted molar refractivity (Wildman–Crippen MR) is 97.9 cm³/mol. The zero-order valence-corrected chi connectivity index (χ0v) is 15.4. The SMILES string of the molecule is O=C(CC[C@@H]1CNC(=O)[C@@H]2C[C@@H](NC(=O)c3cccs3)CN12)NC1CC1. The Labute approximate surface area is 156 Å². The van der Waals surface area contributed by atoms with Crippen LogP contribution in [0.5, 0.6) is 0 Å². The highest BCUT2D eigenvalue weighted by Crippen LogP contribution is 2.26. The second-order valence-electron chi connectivity index (χ2n) is 7.38. The molecule has 1 aromatic rings. The molecule has 1 aromatic heterocycles. The van der Waals surface area contributed by atoms with Crippen molar-refractivity contribution in [3.63, 3.8) is 0 Å². The molecule has 4 rings (SSSR count). The third kappa shape index (κ3) is 3.91. The number of nitrogens with one attached hydrogen (secondary N) is 3. The Bertz CT molecular complexity index is 689. The first kappa shape index (κ1) is 17.5. The van der Waals surface area contributed by atoms with Gasteiger partial charge in [-0.15, -0.1) is 11.3 Å². The first-order chi connectivity index (χ1) is 12.6. The van der Waals surface area contributed by atoms with Crippen molar-refractivity contribution < 1.29 is 14.4 Å². The number of rotatable bonds is 6. The first-order valence-electron chi connectivity index (χ1n) is 9.27. The van der Waals surface area contributed by atoms with Gasteiger partial charge in [0.2, 0.25) is 11.8 Å². The van der Waals surface area contributed by atoms with Crippen LogP contribution in [0.25, 0.3) is 0 Å². The van der Waals surface area contributed by atoms with Crippen LogP contribution in [-0.4, -0.2) is 59.9 Å². The van der Waals surface area contributed by atoms with E-state index in [1.807, 2.05) is 11.4 Å². The van der Waals surface area contributed by atoms with E-state index in [1.165, 1.54) is 11.3 Å². The van der Waals surface area contributed by atoms with E-state index in [0.29, 0.717) is 36.9 Å². The van der Waals surface area contributed by atoms with E-state index in [4.69, 9.17) is 0 Å². The second-order valence-corrected chi connectivity index (χ2v) is 8.32. The molecule has 2 aliphatic heterocycles. The number of amides is 3. The lowest BCUT2D eigenvalue weighted by atomic mass is 10.0. The molecule has 3 amide bonds. The molecule has 26 heavy (non-hydrogen) atoms. The van der Waals surface area contributed by atoms with Gasteiger partial charge in [0.1, 0.15) is 0 Å². The molecule has 1 aliphatic carbocycles. The average Bonchev–Trinajstić information content (AvgIpc) is 3.11. The van der Waals surface area contributed by atoms with Crippen molar-refractivity contribution >= 4 is 29.1 Å². The lowest BCUT2D eigenvalue weighted by Crippen LogP contribution is -2.58. The maximum Gasteiger partial charge on any atom is 0.261 e. The van der Waals surface area contributed by atoms with Crippen LogP contribution >= 0.6 is 11.3 Å². The minimum Gasteiger partial charge on any atom is -0.353 e. The van der Waals surface area contributed by atoms with Gasteiger partial charge in [-0.25, -0.2) is 0 Å². The van der Waals surface area contributed by atoms with E-state index in [0.717, 1.165) is 19.3 Å². The molecule has 7 nitrogen and oxygen atoms in total. The minimum absolute atomic E-state index is 0.0246. The van der Waals surface area contributed by atoms with Gasteiger partial charge in [-0.3, -0.25) is 19.3 Å². The molecule has 8 heteroatoms. The lowest BCUT2D eigenvalue weighted by Gasteiger charge is -2.37. The molecule has 0 bridgehead atoms. The smallest absolute Gasteiger partial charge is 0.261 e.